The molecule has 0 bridgehead atoms. The number of carbonyl (C=O) groups excluding carboxylic acids is 1. The highest BCUT2D eigenvalue weighted by Crippen LogP contribution is 2.13. The second-order valence-corrected chi connectivity index (χ2v) is 4.53. The van der Waals surface area contributed by atoms with Gasteiger partial charge in [0.1, 0.15) is 5.56 Å². The lowest BCUT2D eigenvalue weighted by atomic mass is 10.1. The first-order valence-electron chi connectivity index (χ1n) is 6.12. The van der Waals surface area contributed by atoms with Crippen molar-refractivity contribution in [1.82, 2.24) is 10.3 Å². The lowest BCUT2D eigenvalue weighted by Crippen LogP contribution is -2.30. The molecule has 0 radical (unpaired) electrons. The average molecular weight is 256 g/mol. The van der Waals surface area contributed by atoms with E-state index in [1.54, 1.807) is 0 Å². The molecule has 2 rings (SSSR count). The lowest BCUT2D eigenvalue weighted by Gasteiger charge is -2.14. The van der Waals surface area contributed by atoms with Crippen LogP contribution in [0.25, 0.3) is 0 Å². The van der Waals surface area contributed by atoms with Crippen LogP contribution in [0.15, 0.2) is 47.5 Å². The fraction of sp³-hybridized carbons (Fsp3) is 0.200. The van der Waals surface area contributed by atoms with E-state index in [2.05, 4.69) is 10.3 Å². The first kappa shape index (κ1) is 13.1. The van der Waals surface area contributed by atoms with Crippen LogP contribution < -0.4 is 10.7 Å². The summed E-state index contributed by atoms with van der Waals surface area (Å²) in [5, 5.41) is 2.81. The fourth-order valence-electron chi connectivity index (χ4n) is 1.81. The topological polar surface area (TPSA) is 62.0 Å². The molecular formula is C15H16N2O2. The van der Waals surface area contributed by atoms with Crippen LogP contribution in [0, 0.1) is 6.92 Å². The molecule has 1 aromatic heterocycles. The summed E-state index contributed by atoms with van der Waals surface area (Å²) in [5.41, 5.74) is 2.02. The highest BCUT2D eigenvalue weighted by molar-refractivity contribution is 5.93. The number of carbonyl (C=O) groups is 1. The molecule has 0 saturated carbocycles. The lowest BCUT2D eigenvalue weighted by molar-refractivity contribution is 0.0938. The van der Waals surface area contributed by atoms with Crippen LogP contribution in [0.3, 0.4) is 0 Å². The van der Waals surface area contributed by atoms with Gasteiger partial charge in [-0.25, -0.2) is 0 Å². The Kier molecular flexibility index (Phi) is 3.80. The molecule has 1 unspecified atom stereocenters. The van der Waals surface area contributed by atoms with Gasteiger partial charge in [-0.3, -0.25) is 9.59 Å². The van der Waals surface area contributed by atoms with Gasteiger partial charge in [-0.2, -0.15) is 0 Å². The van der Waals surface area contributed by atoms with Crippen molar-refractivity contribution in [2.24, 2.45) is 0 Å². The van der Waals surface area contributed by atoms with Gasteiger partial charge in [-0.05, 0) is 19.4 Å². The number of hydrogen-bond donors (Lipinski definition) is 2. The summed E-state index contributed by atoms with van der Waals surface area (Å²) in [6, 6.07) is 9.12. The highest BCUT2D eigenvalue weighted by atomic mass is 16.2. The standard InChI is InChI=1S/C15H16N2O2/c1-10-3-5-12(6-4-10)11(2)17-15(19)13-9-16-8-7-14(13)18/h3-9,11H,1-2H3,(H,16,18)(H,17,19). The molecule has 2 N–H and O–H groups in total. The van der Waals surface area contributed by atoms with Crippen LogP contribution in [0.5, 0.6) is 0 Å². The van der Waals surface area contributed by atoms with Crippen LogP contribution in [0.2, 0.25) is 0 Å². The number of rotatable bonds is 3. The third-order valence-electron chi connectivity index (χ3n) is 2.99. The fourth-order valence-corrected chi connectivity index (χ4v) is 1.81. The quantitative estimate of drug-likeness (QED) is 0.884. The van der Waals surface area contributed by atoms with E-state index < -0.39 is 0 Å². The van der Waals surface area contributed by atoms with Crippen LogP contribution >= 0.6 is 0 Å². The number of benzene rings is 1. The largest absolute Gasteiger partial charge is 0.367 e. The summed E-state index contributed by atoms with van der Waals surface area (Å²) in [4.78, 5) is 26.3. The predicted octanol–water partition coefficient (Wildman–Crippen LogP) is 2.17. The van der Waals surface area contributed by atoms with Crippen LogP contribution in [0.1, 0.15) is 34.5 Å². The zero-order valence-electron chi connectivity index (χ0n) is 10.9. The first-order valence-corrected chi connectivity index (χ1v) is 6.12. The van der Waals surface area contributed by atoms with Gasteiger partial charge in [0.15, 0.2) is 5.43 Å². The molecule has 0 fully saturated rings. The monoisotopic (exact) mass is 256 g/mol. The van der Waals surface area contributed by atoms with Gasteiger partial charge in [-0.1, -0.05) is 29.8 Å². The van der Waals surface area contributed by atoms with Gasteiger partial charge in [0.05, 0.1) is 6.04 Å². The zero-order chi connectivity index (χ0) is 13.8. The summed E-state index contributed by atoms with van der Waals surface area (Å²) < 4.78 is 0. The van der Waals surface area contributed by atoms with Crippen LogP contribution in [-0.2, 0) is 0 Å². The molecule has 1 atom stereocenters. The minimum atomic E-state index is -0.366. The first-order chi connectivity index (χ1) is 9.08. The molecule has 1 heterocycles. The second-order valence-electron chi connectivity index (χ2n) is 4.53. The third kappa shape index (κ3) is 3.10. The van der Waals surface area contributed by atoms with E-state index in [1.165, 1.54) is 24.0 Å². The summed E-state index contributed by atoms with van der Waals surface area (Å²) in [6.45, 7) is 3.90. The summed E-state index contributed by atoms with van der Waals surface area (Å²) in [5.74, 6) is -0.366. The minimum Gasteiger partial charge on any atom is -0.367 e. The molecule has 0 aliphatic carbocycles. The van der Waals surface area contributed by atoms with Crippen molar-refractivity contribution < 1.29 is 4.79 Å². The van der Waals surface area contributed by atoms with Crippen molar-refractivity contribution in [3.63, 3.8) is 0 Å². The summed E-state index contributed by atoms with van der Waals surface area (Å²) in [7, 11) is 0. The van der Waals surface area contributed by atoms with Crippen molar-refractivity contribution in [1.29, 1.82) is 0 Å². The van der Waals surface area contributed by atoms with Crippen LogP contribution in [0.4, 0.5) is 0 Å². The molecule has 19 heavy (non-hydrogen) atoms. The molecule has 1 aromatic carbocycles. The van der Waals surface area contributed by atoms with E-state index >= 15 is 0 Å². The summed E-state index contributed by atoms with van der Waals surface area (Å²) >= 11 is 0. The van der Waals surface area contributed by atoms with Gasteiger partial charge >= 0.3 is 0 Å². The Morgan fingerprint density at radius 3 is 2.53 bits per heavy atom. The van der Waals surface area contributed by atoms with Gasteiger partial charge in [0.2, 0.25) is 0 Å². The van der Waals surface area contributed by atoms with Crippen molar-refractivity contribution >= 4 is 5.91 Å². The average Bonchev–Trinajstić information content (AvgIpc) is 2.39. The number of pyridine rings is 1. The SMILES string of the molecule is Cc1ccc(C(C)NC(=O)c2c[nH]ccc2=O)cc1. The molecule has 0 aliphatic rings. The van der Waals surface area contributed by atoms with Gasteiger partial charge in [0.25, 0.3) is 5.91 Å². The Bertz CT molecular complexity index is 629. The number of hydrogen-bond acceptors (Lipinski definition) is 2. The maximum absolute atomic E-state index is 12.0. The number of amides is 1. The van der Waals surface area contributed by atoms with Gasteiger partial charge in [-0.15, -0.1) is 0 Å². The van der Waals surface area contributed by atoms with Gasteiger partial charge < -0.3 is 10.3 Å². The minimum absolute atomic E-state index is 0.126. The van der Waals surface area contributed by atoms with Gasteiger partial charge in [0, 0.05) is 18.5 Å². The Hall–Kier alpha value is -2.36. The maximum atomic E-state index is 12.0. The van der Waals surface area contributed by atoms with Crippen molar-refractivity contribution in [3.05, 3.63) is 69.6 Å². The highest BCUT2D eigenvalue weighted by Gasteiger charge is 2.13. The van der Waals surface area contributed by atoms with Crippen molar-refractivity contribution in [2.75, 3.05) is 0 Å². The smallest absolute Gasteiger partial charge is 0.257 e. The number of aromatic nitrogens is 1. The molecule has 2 aromatic rings. The Balaban J connectivity index is 2.13. The van der Waals surface area contributed by atoms with E-state index in [9.17, 15) is 9.59 Å². The normalized spacial score (nSPS) is 11.9. The molecule has 98 valence electrons. The third-order valence-corrected chi connectivity index (χ3v) is 2.99. The summed E-state index contributed by atoms with van der Waals surface area (Å²) in [6.07, 6.45) is 2.92. The van der Waals surface area contributed by atoms with Crippen molar-refractivity contribution in [3.8, 4) is 0 Å². The van der Waals surface area contributed by atoms with Crippen LogP contribution in [-0.4, -0.2) is 10.9 Å². The number of aryl methyl sites for hydroxylation is 1. The number of aromatic amines is 1. The van der Waals surface area contributed by atoms with E-state index in [-0.39, 0.29) is 22.9 Å². The Morgan fingerprint density at radius 1 is 1.21 bits per heavy atom. The molecular weight excluding hydrogens is 240 g/mol. The number of nitrogens with one attached hydrogen (secondary N) is 2. The molecule has 4 heteroatoms. The van der Waals surface area contributed by atoms with E-state index in [4.69, 9.17) is 0 Å². The molecule has 1 amide bonds. The maximum Gasteiger partial charge on any atom is 0.257 e. The number of H-pyrrole nitrogens is 1. The van der Waals surface area contributed by atoms with E-state index in [0.29, 0.717) is 0 Å². The van der Waals surface area contributed by atoms with E-state index in [0.717, 1.165) is 5.56 Å². The van der Waals surface area contributed by atoms with E-state index in [1.807, 2.05) is 38.1 Å². The molecule has 0 spiro atoms. The molecule has 0 saturated heterocycles. The Morgan fingerprint density at radius 2 is 1.89 bits per heavy atom. The second kappa shape index (κ2) is 5.52. The van der Waals surface area contributed by atoms with Crippen molar-refractivity contribution in [2.45, 2.75) is 19.9 Å². The molecule has 0 aliphatic heterocycles. The molecule has 4 nitrogen and oxygen atoms in total. The zero-order valence-corrected chi connectivity index (χ0v) is 10.9. The Labute approximate surface area is 111 Å². The predicted molar refractivity (Wildman–Crippen MR) is 74.1 cm³/mol.